The zero-order chi connectivity index (χ0) is 13.1. The lowest BCUT2D eigenvalue weighted by Crippen LogP contribution is -2.07. The van der Waals surface area contributed by atoms with E-state index in [1.807, 2.05) is 31.2 Å². The molecule has 1 atom stereocenters. The monoisotopic (exact) mass is 308 g/mol. The third-order valence-corrected chi connectivity index (χ3v) is 3.37. The van der Waals surface area contributed by atoms with Gasteiger partial charge in [-0.2, -0.15) is 0 Å². The Morgan fingerprint density at radius 1 is 1.22 bits per heavy atom. The maximum absolute atomic E-state index is 13.1. The lowest BCUT2D eigenvalue weighted by molar-refractivity contribution is 0.623. The third-order valence-electron chi connectivity index (χ3n) is 2.71. The van der Waals surface area contributed by atoms with Crippen LogP contribution < -0.4 is 11.1 Å². The molecule has 2 nitrogen and oxygen atoms in total. The molecule has 0 amide bonds. The minimum atomic E-state index is -0.225. The standard InChI is InChI=1S/C14H14BrFN2/c1-9(10-3-2-4-11(16)7-10)18-14-6-5-12(17)8-13(14)15/h2-9,18H,17H2,1H3. The van der Waals surface area contributed by atoms with Crippen LogP contribution in [-0.2, 0) is 0 Å². The molecule has 0 fully saturated rings. The highest BCUT2D eigenvalue weighted by atomic mass is 79.9. The molecule has 4 heteroatoms. The summed E-state index contributed by atoms with van der Waals surface area (Å²) in [5.74, 6) is -0.225. The van der Waals surface area contributed by atoms with Crippen LogP contribution in [-0.4, -0.2) is 0 Å². The second-order valence-corrected chi connectivity index (χ2v) is 5.01. The summed E-state index contributed by atoms with van der Waals surface area (Å²) in [7, 11) is 0. The molecule has 0 radical (unpaired) electrons. The van der Waals surface area contributed by atoms with E-state index in [0.717, 1.165) is 15.7 Å². The van der Waals surface area contributed by atoms with E-state index in [1.54, 1.807) is 6.07 Å². The van der Waals surface area contributed by atoms with E-state index in [1.165, 1.54) is 12.1 Å². The van der Waals surface area contributed by atoms with Crippen LogP contribution in [0.2, 0.25) is 0 Å². The van der Waals surface area contributed by atoms with E-state index < -0.39 is 0 Å². The lowest BCUT2D eigenvalue weighted by atomic mass is 10.1. The Labute approximate surface area is 114 Å². The molecule has 1 unspecified atom stereocenters. The maximum atomic E-state index is 13.1. The highest BCUT2D eigenvalue weighted by Gasteiger charge is 2.08. The summed E-state index contributed by atoms with van der Waals surface area (Å²) in [5.41, 5.74) is 8.21. The molecule has 0 spiro atoms. The minimum absolute atomic E-state index is 0.0145. The SMILES string of the molecule is CC(Nc1ccc(N)cc1Br)c1cccc(F)c1. The van der Waals surface area contributed by atoms with Crippen molar-refractivity contribution in [3.63, 3.8) is 0 Å². The Morgan fingerprint density at radius 2 is 2.00 bits per heavy atom. The first-order chi connectivity index (χ1) is 8.56. The average Bonchev–Trinajstić information content (AvgIpc) is 2.32. The Kier molecular flexibility index (Phi) is 3.87. The number of anilines is 2. The first-order valence-corrected chi connectivity index (χ1v) is 6.42. The molecule has 0 aromatic heterocycles. The Morgan fingerprint density at radius 3 is 2.67 bits per heavy atom. The zero-order valence-electron chi connectivity index (χ0n) is 9.95. The highest BCUT2D eigenvalue weighted by Crippen LogP contribution is 2.28. The van der Waals surface area contributed by atoms with Crippen molar-refractivity contribution in [2.45, 2.75) is 13.0 Å². The van der Waals surface area contributed by atoms with Crippen molar-refractivity contribution in [1.82, 2.24) is 0 Å². The Balaban J connectivity index is 2.18. The second kappa shape index (κ2) is 5.40. The number of halogens is 2. The number of nitrogens with two attached hydrogens (primary N) is 1. The maximum Gasteiger partial charge on any atom is 0.123 e. The van der Waals surface area contributed by atoms with Gasteiger partial charge in [-0.05, 0) is 58.7 Å². The molecule has 0 aliphatic heterocycles. The van der Waals surface area contributed by atoms with Gasteiger partial charge in [-0.1, -0.05) is 12.1 Å². The van der Waals surface area contributed by atoms with Gasteiger partial charge in [0.05, 0.1) is 0 Å². The Hall–Kier alpha value is -1.55. The van der Waals surface area contributed by atoms with Crippen molar-refractivity contribution in [3.05, 3.63) is 58.3 Å². The van der Waals surface area contributed by atoms with Crippen LogP contribution in [0.1, 0.15) is 18.5 Å². The van der Waals surface area contributed by atoms with Gasteiger partial charge in [0, 0.05) is 21.9 Å². The molecule has 0 heterocycles. The van der Waals surface area contributed by atoms with Gasteiger partial charge in [-0.25, -0.2) is 4.39 Å². The first kappa shape index (κ1) is 12.9. The van der Waals surface area contributed by atoms with Crippen molar-refractivity contribution in [2.24, 2.45) is 0 Å². The van der Waals surface area contributed by atoms with Crippen LogP contribution in [0.3, 0.4) is 0 Å². The predicted molar refractivity (Wildman–Crippen MR) is 77.0 cm³/mol. The van der Waals surface area contributed by atoms with E-state index in [0.29, 0.717) is 5.69 Å². The smallest absolute Gasteiger partial charge is 0.123 e. The summed E-state index contributed by atoms with van der Waals surface area (Å²) in [6.07, 6.45) is 0. The summed E-state index contributed by atoms with van der Waals surface area (Å²) in [6, 6.07) is 12.1. The van der Waals surface area contributed by atoms with Gasteiger partial charge in [0.2, 0.25) is 0 Å². The number of hydrogen-bond donors (Lipinski definition) is 2. The van der Waals surface area contributed by atoms with Crippen molar-refractivity contribution in [1.29, 1.82) is 0 Å². The van der Waals surface area contributed by atoms with Gasteiger partial charge in [0.1, 0.15) is 5.82 Å². The molecular weight excluding hydrogens is 295 g/mol. The summed E-state index contributed by atoms with van der Waals surface area (Å²) in [5, 5.41) is 3.31. The molecule has 2 aromatic rings. The molecule has 0 saturated heterocycles. The van der Waals surface area contributed by atoms with Crippen LogP contribution in [0, 0.1) is 5.82 Å². The summed E-state index contributed by atoms with van der Waals surface area (Å²) in [4.78, 5) is 0. The fourth-order valence-electron chi connectivity index (χ4n) is 1.74. The van der Waals surface area contributed by atoms with Crippen LogP contribution in [0.25, 0.3) is 0 Å². The van der Waals surface area contributed by atoms with E-state index >= 15 is 0 Å². The van der Waals surface area contributed by atoms with Gasteiger partial charge in [0.15, 0.2) is 0 Å². The van der Waals surface area contributed by atoms with Crippen LogP contribution >= 0.6 is 15.9 Å². The molecule has 18 heavy (non-hydrogen) atoms. The molecule has 0 bridgehead atoms. The van der Waals surface area contributed by atoms with Crippen molar-refractivity contribution >= 4 is 27.3 Å². The predicted octanol–water partition coefficient (Wildman–Crippen LogP) is 4.34. The van der Waals surface area contributed by atoms with Crippen molar-refractivity contribution in [2.75, 3.05) is 11.1 Å². The summed E-state index contributed by atoms with van der Waals surface area (Å²) in [6.45, 7) is 1.98. The van der Waals surface area contributed by atoms with Gasteiger partial charge in [-0.3, -0.25) is 0 Å². The molecule has 3 N–H and O–H groups in total. The fraction of sp³-hybridized carbons (Fsp3) is 0.143. The number of benzene rings is 2. The van der Waals surface area contributed by atoms with Crippen LogP contribution in [0.15, 0.2) is 46.9 Å². The second-order valence-electron chi connectivity index (χ2n) is 4.16. The lowest BCUT2D eigenvalue weighted by Gasteiger charge is -2.17. The first-order valence-electron chi connectivity index (χ1n) is 5.63. The molecule has 0 aliphatic rings. The van der Waals surface area contributed by atoms with E-state index in [9.17, 15) is 4.39 Å². The minimum Gasteiger partial charge on any atom is -0.399 e. The molecular formula is C14H14BrFN2. The largest absolute Gasteiger partial charge is 0.399 e. The van der Waals surface area contributed by atoms with Gasteiger partial charge in [-0.15, -0.1) is 0 Å². The number of rotatable bonds is 3. The molecule has 2 rings (SSSR count). The normalized spacial score (nSPS) is 12.2. The molecule has 0 saturated carbocycles. The van der Waals surface area contributed by atoms with Crippen molar-refractivity contribution in [3.8, 4) is 0 Å². The number of nitrogens with one attached hydrogen (secondary N) is 1. The molecule has 0 aliphatic carbocycles. The average molecular weight is 309 g/mol. The summed E-state index contributed by atoms with van der Waals surface area (Å²) < 4.78 is 14.0. The van der Waals surface area contributed by atoms with Gasteiger partial charge >= 0.3 is 0 Å². The van der Waals surface area contributed by atoms with E-state index in [-0.39, 0.29) is 11.9 Å². The van der Waals surface area contributed by atoms with Crippen molar-refractivity contribution < 1.29 is 4.39 Å². The zero-order valence-corrected chi connectivity index (χ0v) is 11.5. The van der Waals surface area contributed by atoms with Crippen LogP contribution in [0.5, 0.6) is 0 Å². The van der Waals surface area contributed by atoms with E-state index in [2.05, 4.69) is 21.2 Å². The fourth-order valence-corrected chi connectivity index (χ4v) is 2.25. The van der Waals surface area contributed by atoms with E-state index in [4.69, 9.17) is 5.73 Å². The molecule has 94 valence electrons. The quantitative estimate of drug-likeness (QED) is 0.828. The topological polar surface area (TPSA) is 38.0 Å². The van der Waals surface area contributed by atoms with Gasteiger partial charge < -0.3 is 11.1 Å². The van der Waals surface area contributed by atoms with Gasteiger partial charge in [0.25, 0.3) is 0 Å². The Bertz CT molecular complexity index is 557. The third kappa shape index (κ3) is 3.01. The highest BCUT2D eigenvalue weighted by molar-refractivity contribution is 9.10. The van der Waals surface area contributed by atoms with Crippen LogP contribution in [0.4, 0.5) is 15.8 Å². The molecule has 2 aromatic carbocycles. The number of nitrogen functional groups attached to an aromatic ring is 1. The number of hydrogen-bond acceptors (Lipinski definition) is 2. The summed E-state index contributed by atoms with van der Waals surface area (Å²) >= 11 is 3.45.